The summed E-state index contributed by atoms with van der Waals surface area (Å²) in [7, 11) is 0. The van der Waals surface area contributed by atoms with E-state index < -0.39 is 23.6 Å². The molecule has 242 valence electrons. The van der Waals surface area contributed by atoms with Gasteiger partial charge in [0.2, 0.25) is 11.8 Å². The Morgan fingerprint density at radius 1 is 0.814 bits per heavy atom. The normalized spacial score (nSPS) is 12.9. The number of nitrogens with one attached hydrogen (secondary N) is 2. The second kappa shape index (κ2) is 26.3. The van der Waals surface area contributed by atoms with Crippen LogP contribution in [0.2, 0.25) is 0 Å². The van der Waals surface area contributed by atoms with Crippen LogP contribution in [0.5, 0.6) is 0 Å². The number of amides is 2. The highest BCUT2D eigenvalue weighted by molar-refractivity contribution is 7.95. The fourth-order valence-corrected chi connectivity index (χ4v) is 3.76. The third-order valence-corrected chi connectivity index (χ3v) is 6.45. The maximum atomic E-state index is 12.1. The van der Waals surface area contributed by atoms with Crippen LogP contribution in [0.4, 0.5) is 4.79 Å². The van der Waals surface area contributed by atoms with E-state index in [0.29, 0.717) is 18.6 Å². The third kappa shape index (κ3) is 24.9. The average molecular weight is 623 g/mol. The quantitative estimate of drug-likeness (QED) is 0.0453. The molecule has 0 rings (SSSR count). The smallest absolute Gasteiger partial charge is 0.450 e. The minimum absolute atomic E-state index is 0.00237. The highest BCUT2D eigenvalue weighted by Gasteiger charge is 2.35. The zero-order chi connectivity index (χ0) is 32.2. The summed E-state index contributed by atoms with van der Waals surface area (Å²) in [4.78, 5) is 46.3. The number of carbonyl (C=O) groups is 4. The molecule has 0 aliphatic heterocycles. The van der Waals surface area contributed by atoms with E-state index in [9.17, 15) is 24.3 Å². The number of unbranched alkanes of at least 4 members (excludes halogenated alkanes) is 1. The molecule has 4 N–H and O–H groups in total. The van der Waals surface area contributed by atoms with Gasteiger partial charge in [0, 0.05) is 37.1 Å². The molecular formula is C32H50N2O8S. The summed E-state index contributed by atoms with van der Waals surface area (Å²) in [5, 5.41) is 23.8. The molecule has 1 atom stereocenters. The first-order valence-corrected chi connectivity index (χ1v) is 15.7. The van der Waals surface area contributed by atoms with Gasteiger partial charge in [-0.05, 0) is 44.9 Å². The molecule has 0 radical (unpaired) electrons. The fraction of sp³-hybridized carbons (Fsp3) is 0.562. The van der Waals surface area contributed by atoms with Crippen LogP contribution in [0.1, 0.15) is 78.6 Å². The van der Waals surface area contributed by atoms with E-state index in [4.69, 9.17) is 9.29 Å². The van der Waals surface area contributed by atoms with Crippen LogP contribution < -0.4 is 10.6 Å². The summed E-state index contributed by atoms with van der Waals surface area (Å²) in [5.74, 6) is -0.959. The number of rotatable bonds is 24. The van der Waals surface area contributed by atoms with Crippen LogP contribution in [0.3, 0.4) is 0 Å². The number of carboxylic acid groups (broad SMARTS) is 1. The lowest BCUT2D eigenvalue weighted by Gasteiger charge is -2.28. The second-order valence-corrected chi connectivity index (χ2v) is 11.0. The van der Waals surface area contributed by atoms with E-state index in [2.05, 4.69) is 83.1 Å². The Morgan fingerprint density at radius 2 is 1.37 bits per heavy atom. The fourth-order valence-electron chi connectivity index (χ4n) is 3.28. The summed E-state index contributed by atoms with van der Waals surface area (Å²) >= 11 is 0.975. The Hall–Kier alpha value is -3.31. The van der Waals surface area contributed by atoms with E-state index >= 15 is 0 Å². The van der Waals surface area contributed by atoms with Crippen LogP contribution in [0.15, 0.2) is 60.8 Å². The van der Waals surface area contributed by atoms with Gasteiger partial charge in [0.15, 0.2) is 0 Å². The van der Waals surface area contributed by atoms with Crippen molar-refractivity contribution in [3.8, 4) is 0 Å². The number of aliphatic hydroxyl groups is 1. The standard InChI is InChI=1S/C32H50N2O8S/c1-4-5-6-7-8-9-10-11-12-13-14-15-16-17-18-19-20-21-28(36)42-43-25-24-33-27(35)22-23-34-30(38)29(37)32(2,3)26-41-31(39)40/h5-6,8-9,11-12,14-15,17-18,29,37H,4,7,10,13,16,19-26H2,1-3H3,(H,33,35)(H,34,38)(H,39,40)/b6-5-,9-8-,12-11-,15-14-,18-17-. The predicted molar refractivity (Wildman–Crippen MR) is 171 cm³/mol. The molecule has 0 aliphatic carbocycles. The molecule has 1 unspecified atom stereocenters. The van der Waals surface area contributed by atoms with E-state index in [-0.39, 0.29) is 38.0 Å². The molecule has 0 aliphatic rings. The Bertz CT molecular complexity index is 957. The zero-order valence-electron chi connectivity index (χ0n) is 25.8. The summed E-state index contributed by atoms with van der Waals surface area (Å²) < 4.78 is 9.54. The van der Waals surface area contributed by atoms with Crippen LogP contribution in [-0.2, 0) is 23.3 Å². The molecule has 11 heteroatoms. The minimum atomic E-state index is -1.51. The molecule has 0 bridgehead atoms. The maximum absolute atomic E-state index is 12.1. The van der Waals surface area contributed by atoms with Crippen molar-refractivity contribution in [2.75, 3.05) is 25.4 Å². The molecule has 0 aromatic rings. The van der Waals surface area contributed by atoms with Crippen molar-refractivity contribution in [2.24, 2.45) is 5.41 Å². The summed E-state index contributed by atoms with van der Waals surface area (Å²) in [5.41, 5.74) is -1.13. The number of allylic oxidation sites excluding steroid dienone is 10. The van der Waals surface area contributed by atoms with E-state index in [1.165, 1.54) is 13.8 Å². The van der Waals surface area contributed by atoms with E-state index in [0.717, 1.165) is 50.6 Å². The van der Waals surface area contributed by atoms with E-state index in [1.54, 1.807) is 0 Å². The molecule has 0 saturated carbocycles. The molecule has 0 saturated heterocycles. The zero-order valence-corrected chi connectivity index (χ0v) is 26.6. The highest BCUT2D eigenvalue weighted by atomic mass is 32.2. The van der Waals surface area contributed by atoms with Crippen molar-refractivity contribution < 1.29 is 38.3 Å². The Labute approximate surface area is 260 Å². The van der Waals surface area contributed by atoms with Crippen molar-refractivity contribution in [2.45, 2.75) is 84.7 Å². The van der Waals surface area contributed by atoms with Crippen molar-refractivity contribution >= 4 is 36.0 Å². The topological polar surface area (TPSA) is 151 Å². The van der Waals surface area contributed by atoms with Crippen molar-refractivity contribution in [1.82, 2.24) is 10.6 Å². The Balaban J connectivity index is 3.76. The first kappa shape index (κ1) is 39.7. The lowest BCUT2D eigenvalue weighted by atomic mass is 9.87. The molecule has 10 nitrogen and oxygen atoms in total. The number of carbonyl (C=O) groups excluding carboxylic acids is 3. The average Bonchev–Trinajstić information content (AvgIpc) is 2.97. The lowest BCUT2D eigenvalue weighted by Crippen LogP contribution is -2.46. The third-order valence-electron chi connectivity index (χ3n) is 5.78. The van der Waals surface area contributed by atoms with Gasteiger partial charge in [0.25, 0.3) is 0 Å². The van der Waals surface area contributed by atoms with Gasteiger partial charge in [-0.25, -0.2) is 4.79 Å². The number of ether oxygens (including phenoxy) is 1. The number of hydrogen-bond acceptors (Lipinski definition) is 8. The number of aliphatic hydroxyl groups excluding tert-OH is 1. The monoisotopic (exact) mass is 622 g/mol. The van der Waals surface area contributed by atoms with Crippen molar-refractivity contribution in [3.05, 3.63) is 60.8 Å². The first-order valence-electron chi connectivity index (χ1n) is 14.8. The summed E-state index contributed by atoms with van der Waals surface area (Å²) in [6.07, 6.45) is 25.1. The molecule has 2 amide bonds. The lowest BCUT2D eigenvalue weighted by molar-refractivity contribution is -0.137. The second-order valence-electron chi connectivity index (χ2n) is 10.2. The van der Waals surface area contributed by atoms with Gasteiger partial charge in [-0.1, -0.05) is 81.5 Å². The highest BCUT2D eigenvalue weighted by Crippen LogP contribution is 2.21. The maximum Gasteiger partial charge on any atom is 0.505 e. The van der Waals surface area contributed by atoms with Gasteiger partial charge in [-0.3, -0.25) is 14.4 Å². The molecule has 43 heavy (non-hydrogen) atoms. The molecule has 0 fully saturated rings. The largest absolute Gasteiger partial charge is 0.505 e. The molecule has 0 heterocycles. The van der Waals surface area contributed by atoms with Crippen LogP contribution in [0.25, 0.3) is 0 Å². The molecule has 0 aromatic heterocycles. The SMILES string of the molecule is CC/C=C\C/C=C\C/C=C\C/C=C\C/C=C\CCCC(=O)OSCCNC(=O)CCNC(=O)C(O)C(C)(C)COC(=O)O. The van der Waals surface area contributed by atoms with Crippen molar-refractivity contribution in [1.29, 1.82) is 0 Å². The van der Waals surface area contributed by atoms with Crippen LogP contribution >= 0.6 is 12.0 Å². The number of hydrogen-bond donors (Lipinski definition) is 4. The van der Waals surface area contributed by atoms with Gasteiger partial charge in [-0.15, -0.1) is 0 Å². The Morgan fingerprint density at radius 3 is 1.93 bits per heavy atom. The minimum Gasteiger partial charge on any atom is -0.450 e. The molecule has 0 aromatic carbocycles. The summed E-state index contributed by atoms with van der Waals surface area (Å²) in [6.45, 7) is 5.04. The van der Waals surface area contributed by atoms with Gasteiger partial charge < -0.3 is 29.8 Å². The van der Waals surface area contributed by atoms with Crippen LogP contribution in [0, 0.1) is 5.41 Å². The van der Waals surface area contributed by atoms with Crippen LogP contribution in [-0.4, -0.2) is 65.7 Å². The predicted octanol–water partition coefficient (Wildman–Crippen LogP) is 5.80. The summed E-state index contributed by atoms with van der Waals surface area (Å²) in [6, 6.07) is 0. The van der Waals surface area contributed by atoms with Gasteiger partial charge in [0.05, 0.1) is 12.0 Å². The Kier molecular flexibility index (Phi) is 24.3. The van der Waals surface area contributed by atoms with E-state index in [1.807, 2.05) is 0 Å². The van der Waals surface area contributed by atoms with Gasteiger partial charge >= 0.3 is 12.1 Å². The van der Waals surface area contributed by atoms with Gasteiger partial charge in [-0.2, -0.15) is 0 Å². The molecule has 0 spiro atoms. The van der Waals surface area contributed by atoms with Gasteiger partial charge in [0.1, 0.15) is 12.7 Å². The van der Waals surface area contributed by atoms with Crippen molar-refractivity contribution in [3.63, 3.8) is 0 Å². The first-order chi connectivity index (χ1) is 20.6. The molecular weight excluding hydrogens is 572 g/mol.